The first-order chi connectivity index (χ1) is 23.7. The van der Waals surface area contributed by atoms with Crippen LogP contribution in [0.3, 0.4) is 0 Å². The van der Waals surface area contributed by atoms with Crippen molar-refractivity contribution in [2.75, 3.05) is 58.2 Å². The Kier molecular flexibility index (Phi) is 9.51. The summed E-state index contributed by atoms with van der Waals surface area (Å²) in [7, 11) is 0. The summed E-state index contributed by atoms with van der Waals surface area (Å²) in [6, 6.07) is 14.5. The number of piperazine rings is 1. The van der Waals surface area contributed by atoms with E-state index in [2.05, 4.69) is 28.6 Å². The van der Waals surface area contributed by atoms with E-state index in [1.54, 1.807) is 46.6 Å². The van der Waals surface area contributed by atoms with Crippen LogP contribution in [0.15, 0.2) is 72.0 Å². The van der Waals surface area contributed by atoms with Crippen LogP contribution in [0.5, 0.6) is 11.5 Å². The van der Waals surface area contributed by atoms with Gasteiger partial charge in [0.1, 0.15) is 45.9 Å². The van der Waals surface area contributed by atoms with E-state index in [1.165, 1.54) is 6.07 Å². The minimum atomic E-state index is -0.489. The summed E-state index contributed by atoms with van der Waals surface area (Å²) in [5.74, 6) is 1.14. The fourth-order valence-electron chi connectivity index (χ4n) is 6.89. The van der Waals surface area contributed by atoms with Crippen LogP contribution in [0.4, 0.5) is 10.2 Å². The number of hydrogen-bond donors (Lipinski definition) is 2. The van der Waals surface area contributed by atoms with Crippen LogP contribution in [0.25, 0.3) is 16.8 Å². The van der Waals surface area contributed by atoms with Crippen LogP contribution < -0.4 is 16.2 Å². The number of ether oxygens (including phenoxy) is 2. The van der Waals surface area contributed by atoms with E-state index >= 15 is 4.39 Å². The van der Waals surface area contributed by atoms with Crippen molar-refractivity contribution in [2.24, 2.45) is 5.73 Å². The van der Waals surface area contributed by atoms with Gasteiger partial charge in [-0.25, -0.2) is 14.4 Å². The number of carbonyl (C=O) groups excluding carboxylic acids is 1. The number of thioether (sulfide) groups is 1. The number of imidazole rings is 1. The fourth-order valence-corrected chi connectivity index (χ4v) is 7.73. The summed E-state index contributed by atoms with van der Waals surface area (Å²) in [5, 5.41) is 1.81. The number of nitrogens with zero attached hydrogens (tertiary/aromatic N) is 6. The van der Waals surface area contributed by atoms with Crippen molar-refractivity contribution >= 4 is 29.0 Å². The van der Waals surface area contributed by atoms with E-state index in [0.29, 0.717) is 47.7 Å². The minimum Gasteiger partial charge on any atom is -0.457 e. The monoisotopic (exact) mass is 686 g/mol. The molecule has 0 unspecified atom stereocenters. The molecule has 3 fully saturated rings. The first-order valence-electron chi connectivity index (χ1n) is 16.8. The summed E-state index contributed by atoms with van der Waals surface area (Å²) in [4.78, 5) is 29.4. The predicted octanol–water partition coefficient (Wildman–Crippen LogP) is 4.90. The van der Waals surface area contributed by atoms with Crippen molar-refractivity contribution in [2.45, 2.75) is 43.5 Å². The average molecular weight is 687 g/mol. The molecule has 1 amide bonds. The molecule has 5 heterocycles. The normalized spacial score (nSPS) is 20.0. The molecular formula is C36H43FN8O3S. The molecule has 1 atom stereocenters. The van der Waals surface area contributed by atoms with E-state index in [9.17, 15) is 4.79 Å². The largest absolute Gasteiger partial charge is 0.457 e. The Labute approximate surface area is 290 Å². The summed E-state index contributed by atoms with van der Waals surface area (Å²) >= 11 is 1.59. The highest BCUT2D eigenvalue weighted by Crippen LogP contribution is 2.37. The molecule has 2 aromatic heterocycles. The molecule has 0 saturated carbocycles. The van der Waals surface area contributed by atoms with Gasteiger partial charge in [0.05, 0.1) is 24.1 Å². The van der Waals surface area contributed by atoms with Crippen molar-refractivity contribution in [1.82, 2.24) is 29.1 Å². The number of benzene rings is 2. The smallest absolute Gasteiger partial charge is 0.270 e. The van der Waals surface area contributed by atoms with E-state index in [1.807, 2.05) is 34.7 Å². The van der Waals surface area contributed by atoms with E-state index in [4.69, 9.17) is 25.9 Å². The number of hydrogen-bond acceptors (Lipinski definition) is 10. The van der Waals surface area contributed by atoms with Gasteiger partial charge in [-0.3, -0.25) is 19.0 Å². The van der Waals surface area contributed by atoms with Crippen molar-refractivity contribution in [3.8, 4) is 22.8 Å². The van der Waals surface area contributed by atoms with Crippen LogP contribution >= 0.6 is 11.8 Å². The Hall–Kier alpha value is -4.17. The number of amides is 1. The Morgan fingerprint density at radius 3 is 2.57 bits per heavy atom. The lowest BCUT2D eigenvalue weighted by Crippen LogP contribution is -2.59. The standard InChI is InChI=1S/C36H43FN8O3S/c1-36(2,44-17-15-42(16-18-44)25-21-47-22-25)49-23-30(38)35(46)43-13-6-7-24(20-43)34-41-31(32-33(39)40-12-14-45(32)34)28-11-10-27(19-29(28)37)48-26-8-4-3-5-9-26/h3-5,8-12,14,19,23-25H,6-7,13,15-18,20-22,38H2,1-2H3,(H2,39,40)/b30-23-/t24-/m1/s1. The molecule has 13 heteroatoms. The number of anilines is 1. The molecule has 2 aromatic carbocycles. The SMILES string of the molecule is CC(C)(S/C=C(\N)C(=O)N1CCC[C@@H](c2nc(-c3ccc(Oc4ccccc4)cc3F)c3c(N)nccn23)C1)N1CCN(C2COC2)CC1. The number of likely N-dealkylation sites (tertiary alicyclic amines) is 1. The van der Waals surface area contributed by atoms with Crippen LogP contribution in [0.1, 0.15) is 38.4 Å². The molecule has 0 radical (unpaired) electrons. The Bertz CT molecular complexity index is 1840. The minimum absolute atomic E-state index is 0.112. The summed E-state index contributed by atoms with van der Waals surface area (Å²) in [6.07, 6.45) is 4.98. The molecular weight excluding hydrogens is 644 g/mol. The molecule has 0 spiro atoms. The molecule has 49 heavy (non-hydrogen) atoms. The zero-order valence-electron chi connectivity index (χ0n) is 27.9. The quantitative estimate of drug-likeness (QED) is 0.235. The third kappa shape index (κ3) is 6.98. The predicted molar refractivity (Wildman–Crippen MR) is 190 cm³/mol. The molecule has 258 valence electrons. The van der Waals surface area contributed by atoms with E-state index in [0.717, 1.165) is 52.2 Å². The molecule has 4 N–H and O–H groups in total. The van der Waals surface area contributed by atoms with Crippen LogP contribution in [0, 0.1) is 5.82 Å². The van der Waals surface area contributed by atoms with Gasteiger partial charge in [-0.2, -0.15) is 0 Å². The number of carbonyl (C=O) groups is 1. The maximum atomic E-state index is 15.7. The topological polar surface area (TPSA) is 127 Å². The Morgan fingerprint density at radius 2 is 1.86 bits per heavy atom. The van der Waals surface area contributed by atoms with Crippen LogP contribution in [-0.4, -0.2) is 98.4 Å². The van der Waals surface area contributed by atoms with Gasteiger partial charge in [-0.05, 0) is 51.0 Å². The second kappa shape index (κ2) is 14.0. The van der Waals surface area contributed by atoms with Crippen molar-refractivity contribution in [3.63, 3.8) is 0 Å². The third-order valence-electron chi connectivity index (χ3n) is 9.79. The number of nitrogens with two attached hydrogens (primary N) is 2. The molecule has 4 aromatic rings. The number of halogens is 1. The highest BCUT2D eigenvalue weighted by atomic mass is 32.2. The summed E-state index contributed by atoms with van der Waals surface area (Å²) in [6.45, 7) is 11.0. The Morgan fingerprint density at radius 1 is 1.08 bits per heavy atom. The number of rotatable bonds is 9. The summed E-state index contributed by atoms with van der Waals surface area (Å²) in [5.41, 5.74) is 14.2. The van der Waals surface area contributed by atoms with Gasteiger partial charge in [0, 0.05) is 74.6 Å². The van der Waals surface area contributed by atoms with Crippen molar-refractivity contribution < 1.29 is 18.7 Å². The van der Waals surface area contributed by atoms with Crippen LogP contribution in [0.2, 0.25) is 0 Å². The highest BCUT2D eigenvalue weighted by Gasteiger charge is 2.35. The van der Waals surface area contributed by atoms with Gasteiger partial charge in [-0.1, -0.05) is 18.2 Å². The first kappa shape index (κ1) is 33.3. The van der Waals surface area contributed by atoms with E-state index < -0.39 is 5.82 Å². The number of piperidine rings is 1. The molecule has 11 nitrogen and oxygen atoms in total. The Balaban J connectivity index is 1.06. The molecule has 3 aliphatic heterocycles. The van der Waals surface area contributed by atoms with Crippen molar-refractivity contribution in [3.05, 3.63) is 83.7 Å². The van der Waals surface area contributed by atoms with Crippen molar-refractivity contribution in [1.29, 1.82) is 0 Å². The third-order valence-corrected chi connectivity index (χ3v) is 11.0. The van der Waals surface area contributed by atoms with E-state index in [-0.39, 0.29) is 33.8 Å². The molecule has 0 bridgehead atoms. The lowest BCUT2D eigenvalue weighted by atomic mass is 9.97. The van der Waals surface area contributed by atoms with Gasteiger partial charge in [-0.15, -0.1) is 11.8 Å². The molecule has 7 rings (SSSR count). The number of nitrogen functional groups attached to an aromatic ring is 1. The number of aromatic nitrogens is 3. The van der Waals surface area contributed by atoms with Gasteiger partial charge >= 0.3 is 0 Å². The van der Waals surface area contributed by atoms with Crippen LogP contribution in [-0.2, 0) is 9.53 Å². The second-order valence-corrected chi connectivity index (χ2v) is 14.8. The second-order valence-electron chi connectivity index (χ2n) is 13.3. The van der Waals surface area contributed by atoms with Gasteiger partial charge in [0.2, 0.25) is 0 Å². The molecule has 0 aliphatic carbocycles. The zero-order chi connectivity index (χ0) is 34.1. The lowest BCUT2D eigenvalue weighted by Gasteiger charge is -2.47. The van der Waals surface area contributed by atoms with Gasteiger partial charge < -0.3 is 25.8 Å². The average Bonchev–Trinajstić information content (AvgIpc) is 3.48. The zero-order valence-corrected chi connectivity index (χ0v) is 28.7. The number of para-hydroxylation sites is 1. The maximum Gasteiger partial charge on any atom is 0.270 e. The molecule has 3 saturated heterocycles. The summed E-state index contributed by atoms with van der Waals surface area (Å²) < 4.78 is 28.8. The fraction of sp³-hybridized carbons (Fsp3) is 0.417. The number of fused-ring (bicyclic) bond motifs is 1. The van der Waals surface area contributed by atoms with Gasteiger partial charge in [0.15, 0.2) is 0 Å². The van der Waals surface area contributed by atoms with Gasteiger partial charge in [0.25, 0.3) is 5.91 Å². The first-order valence-corrected chi connectivity index (χ1v) is 17.7. The lowest BCUT2D eigenvalue weighted by molar-refractivity contribution is -0.128. The highest BCUT2D eigenvalue weighted by molar-refractivity contribution is 8.03. The molecule has 3 aliphatic rings. The maximum absolute atomic E-state index is 15.7.